The first-order valence-corrected chi connectivity index (χ1v) is 8.96. The van der Waals surface area contributed by atoms with Gasteiger partial charge in [0, 0.05) is 30.9 Å². The molecule has 0 spiro atoms. The molecule has 2 fully saturated rings. The molecule has 1 aromatic heterocycles. The maximum absolute atomic E-state index is 12.7. The first kappa shape index (κ1) is 16.1. The van der Waals surface area contributed by atoms with Crippen molar-refractivity contribution < 1.29 is 4.79 Å². The Morgan fingerprint density at radius 1 is 1.08 bits per heavy atom. The van der Waals surface area contributed by atoms with Gasteiger partial charge in [-0.2, -0.15) is 0 Å². The number of carbonyl (C=O) groups is 1. The summed E-state index contributed by atoms with van der Waals surface area (Å²) in [6, 6.07) is 10.8. The van der Waals surface area contributed by atoms with Gasteiger partial charge >= 0.3 is 0 Å². The Morgan fingerprint density at radius 2 is 1.80 bits per heavy atom. The third kappa shape index (κ3) is 2.88. The minimum Gasteiger partial charge on any atom is -0.335 e. The fraction of sp³-hybridized carbons (Fsp3) is 0.450. The summed E-state index contributed by atoms with van der Waals surface area (Å²) in [5.41, 5.74) is 4.43. The van der Waals surface area contributed by atoms with Crippen molar-refractivity contribution >= 4 is 11.9 Å². The summed E-state index contributed by atoms with van der Waals surface area (Å²) in [5, 5.41) is 0. The Bertz CT molecular complexity index is 799. The van der Waals surface area contributed by atoms with Crippen LogP contribution in [-0.4, -0.2) is 39.4 Å². The molecule has 1 amide bonds. The van der Waals surface area contributed by atoms with Gasteiger partial charge in [-0.1, -0.05) is 24.3 Å². The van der Waals surface area contributed by atoms with Crippen molar-refractivity contribution in [3.05, 3.63) is 52.8 Å². The maximum atomic E-state index is 12.7. The number of carbonyl (C=O) groups excluding carboxylic acids is 1. The molecule has 2 saturated heterocycles. The standard InChI is InChI=1S/C20H24N4O/c1-13-6-4-5-7-16(13)12-24-17-8-9-23(18(17)11-19(24)25)20-21-14(2)10-15(3)22-20/h4-7,10,17-18H,8-9,11-12H2,1-3H3/t17-,18-/m0/s1. The molecule has 2 atom stereocenters. The van der Waals surface area contributed by atoms with E-state index in [9.17, 15) is 4.79 Å². The molecule has 0 bridgehead atoms. The molecular weight excluding hydrogens is 312 g/mol. The lowest BCUT2D eigenvalue weighted by atomic mass is 10.1. The van der Waals surface area contributed by atoms with Crippen molar-refractivity contribution in [2.75, 3.05) is 11.4 Å². The van der Waals surface area contributed by atoms with Gasteiger partial charge in [-0.25, -0.2) is 9.97 Å². The number of rotatable bonds is 3. The molecular formula is C20H24N4O. The zero-order chi connectivity index (χ0) is 17.6. The molecule has 0 saturated carbocycles. The SMILES string of the molecule is Cc1cc(C)nc(N2CC[C@H]3[C@@H]2CC(=O)N3Cc2ccccc2C)n1. The largest absolute Gasteiger partial charge is 0.335 e. The lowest BCUT2D eigenvalue weighted by molar-refractivity contribution is -0.129. The molecule has 5 heteroatoms. The zero-order valence-corrected chi connectivity index (χ0v) is 15.1. The van der Waals surface area contributed by atoms with Gasteiger partial charge in [0.1, 0.15) is 0 Å². The van der Waals surface area contributed by atoms with Crippen LogP contribution in [0.15, 0.2) is 30.3 Å². The number of benzene rings is 1. The van der Waals surface area contributed by atoms with Crippen LogP contribution in [0.3, 0.4) is 0 Å². The molecule has 2 aromatic rings. The summed E-state index contributed by atoms with van der Waals surface area (Å²) >= 11 is 0. The van der Waals surface area contributed by atoms with Crippen LogP contribution in [0.4, 0.5) is 5.95 Å². The number of likely N-dealkylation sites (tertiary alicyclic amines) is 1. The number of hydrogen-bond donors (Lipinski definition) is 0. The van der Waals surface area contributed by atoms with Crippen LogP contribution < -0.4 is 4.90 Å². The van der Waals surface area contributed by atoms with E-state index in [-0.39, 0.29) is 18.0 Å². The molecule has 2 aliphatic heterocycles. The first-order valence-electron chi connectivity index (χ1n) is 8.96. The Kier molecular flexibility index (Phi) is 3.94. The minimum absolute atomic E-state index is 0.192. The van der Waals surface area contributed by atoms with E-state index in [1.165, 1.54) is 11.1 Å². The van der Waals surface area contributed by atoms with E-state index in [4.69, 9.17) is 0 Å². The fourth-order valence-corrected chi connectivity index (χ4v) is 4.19. The van der Waals surface area contributed by atoms with Crippen LogP contribution in [0.1, 0.15) is 35.4 Å². The van der Waals surface area contributed by atoms with Gasteiger partial charge in [0.2, 0.25) is 11.9 Å². The monoisotopic (exact) mass is 336 g/mol. The van der Waals surface area contributed by atoms with Crippen molar-refractivity contribution in [2.45, 2.75) is 52.2 Å². The fourth-order valence-electron chi connectivity index (χ4n) is 4.19. The molecule has 130 valence electrons. The smallest absolute Gasteiger partial charge is 0.226 e. The van der Waals surface area contributed by atoms with E-state index in [0.717, 1.165) is 30.3 Å². The van der Waals surface area contributed by atoms with Gasteiger partial charge in [0.15, 0.2) is 0 Å². The van der Waals surface area contributed by atoms with Crippen molar-refractivity contribution in [3.8, 4) is 0 Å². The summed E-state index contributed by atoms with van der Waals surface area (Å²) in [7, 11) is 0. The summed E-state index contributed by atoms with van der Waals surface area (Å²) in [5.74, 6) is 1.02. The second kappa shape index (κ2) is 6.14. The molecule has 25 heavy (non-hydrogen) atoms. The topological polar surface area (TPSA) is 49.3 Å². The number of fused-ring (bicyclic) bond motifs is 1. The molecule has 2 aliphatic rings. The van der Waals surface area contributed by atoms with Gasteiger partial charge in [0.05, 0.1) is 12.1 Å². The van der Waals surface area contributed by atoms with E-state index >= 15 is 0 Å². The summed E-state index contributed by atoms with van der Waals surface area (Å²) in [4.78, 5) is 26.2. The van der Waals surface area contributed by atoms with Crippen molar-refractivity contribution in [1.82, 2.24) is 14.9 Å². The predicted molar refractivity (Wildman–Crippen MR) is 97.4 cm³/mol. The van der Waals surface area contributed by atoms with Crippen LogP contribution in [0.5, 0.6) is 0 Å². The Labute approximate surface area is 148 Å². The second-order valence-electron chi connectivity index (χ2n) is 7.22. The quantitative estimate of drug-likeness (QED) is 0.865. The van der Waals surface area contributed by atoms with Gasteiger partial charge in [0.25, 0.3) is 0 Å². The Morgan fingerprint density at radius 3 is 2.52 bits per heavy atom. The Balaban J connectivity index is 1.58. The Hall–Kier alpha value is -2.43. The minimum atomic E-state index is 0.192. The van der Waals surface area contributed by atoms with Gasteiger partial charge in [-0.05, 0) is 44.4 Å². The molecule has 0 aliphatic carbocycles. The highest BCUT2D eigenvalue weighted by Gasteiger charge is 2.47. The number of amides is 1. The average Bonchev–Trinajstić information content (AvgIpc) is 3.08. The van der Waals surface area contributed by atoms with Gasteiger partial charge in [-0.3, -0.25) is 4.79 Å². The number of anilines is 1. The van der Waals surface area contributed by atoms with E-state index < -0.39 is 0 Å². The molecule has 5 nitrogen and oxygen atoms in total. The predicted octanol–water partition coefficient (Wildman–Crippen LogP) is 2.78. The van der Waals surface area contributed by atoms with Crippen LogP contribution >= 0.6 is 0 Å². The number of nitrogens with zero attached hydrogens (tertiary/aromatic N) is 4. The van der Waals surface area contributed by atoms with Crippen molar-refractivity contribution in [1.29, 1.82) is 0 Å². The van der Waals surface area contributed by atoms with E-state index in [2.05, 4.69) is 38.8 Å². The summed E-state index contributed by atoms with van der Waals surface area (Å²) in [6.45, 7) is 7.72. The highest BCUT2D eigenvalue weighted by Crippen LogP contribution is 2.35. The number of aromatic nitrogens is 2. The van der Waals surface area contributed by atoms with E-state index in [1.807, 2.05) is 32.0 Å². The number of hydrogen-bond acceptors (Lipinski definition) is 4. The molecule has 0 radical (unpaired) electrons. The van der Waals surface area contributed by atoms with Crippen molar-refractivity contribution in [2.24, 2.45) is 0 Å². The third-order valence-electron chi connectivity index (χ3n) is 5.44. The van der Waals surface area contributed by atoms with Crippen LogP contribution in [0.2, 0.25) is 0 Å². The molecule has 0 unspecified atom stereocenters. The molecule has 0 N–H and O–H groups in total. The average molecular weight is 336 g/mol. The van der Waals surface area contributed by atoms with Crippen LogP contribution in [0, 0.1) is 20.8 Å². The summed E-state index contributed by atoms with van der Waals surface area (Å²) in [6.07, 6.45) is 1.55. The van der Waals surface area contributed by atoms with Crippen LogP contribution in [0.25, 0.3) is 0 Å². The maximum Gasteiger partial charge on any atom is 0.226 e. The number of aryl methyl sites for hydroxylation is 3. The molecule has 3 heterocycles. The van der Waals surface area contributed by atoms with E-state index in [0.29, 0.717) is 13.0 Å². The van der Waals surface area contributed by atoms with E-state index in [1.54, 1.807) is 0 Å². The summed E-state index contributed by atoms with van der Waals surface area (Å²) < 4.78 is 0. The second-order valence-corrected chi connectivity index (χ2v) is 7.22. The molecule has 1 aromatic carbocycles. The van der Waals surface area contributed by atoms with Gasteiger partial charge in [-0.15, -0.1) is 0 Å². The zero-order valence-electron chi connectivity index (χ0n) is 15.1. The molecule has 4 rings (SSSR count). The highest BCUT2D eigenvalue weighted by atomic mass is 16.2. The highest BCUT2D eigenvalue weighted by molar-refractivity contribution is 5.81. The third-order valence-corrected chi connectivity index (χ3v) is 5.44. The first-order chi connectivity index (χ1) is 12.0. The van der Waals surface area contributed by atoms with Crippen LogP contribution in [-0.2, 0) is 11.3 Å². The van der Waals surface area contributed by atoms with Crippen molar-refractivity contribution in [3.63, 3.8) is 0 Å². The lowest BCUT2D eigenvalue weighted by Crippen LogP contribution is -2.37. The van der Waals surface area contributed by atoms with Gasteiger partial charge < -0.3 is 9.80 Å². The lowest BCUT2D eigenvalue weighted by Gasteiger charge is -2.26. The normalized spacial score (nSPS) is 22.6.